The van der Waals surface area contributed by atoms with E-state index in [1.54, 1.807) is 12.1 Å². The van der Waals surface area contributed by atoms with Crippen LogP contribution in [0.25, 0.3) is 0 Å². The van der Waals surface area contributed by atoms with E-state index in [4.69, 9.17) is 5.26 Å². The molecule has 0 spiro atoms. The van der Waals surface area contributed by atoms with Gasteiger partial charge in [-0.1, -0.05) is 6.92 Å². The smallest absolute Gasteiger partial charge is 0.369 e. The van der Waals surface area contributed by atoms with Crippen LogP contribution >= 0.6 is 0 Å². The predicted molar refractivity (Wildman–Crippen MR) is 75.1 cm³/mol. The number of anilines is 1. The number of rotatable bonds is 2. The Kier molecular flexibility index (Phi) is 4.43. The first-order valence-corrected chi connectivity index (χ1v) is 6.97. The molecule has 0 saturated carbocycles. The summed E-state index contributed by atoms with van der Waals surface area (Å²) in [5.74, 6) is 0. The van der Waals surface area contributed by atoms with E-state index in [0.29, 0.717) is 24.8 Å². The molecule has 1 aliphatic rings. The maximum atomic E-state index is 13.0. The molecule has 1 aromatic rings. The lowest BCUT2D eigenvalue weighted by Gasteiger charge is -2.40. The summed E-state index contributed by atoms with van der Waals surface area (Å²) in [7, 11) is 0. The molecule has 0 aromatic heterocycles. The lowest BCUT2D eigenvalue weighted by Crippen LogP contribution is -2.51. The molecule has 114 valence electrons. The van der Waals surface area contributed by atoms with Gasteiger partial charge in [0.05, 0.1) is 17.2 Å². The average Bonchev–Trinajstić information content (AvgIpc) is 2.45. The molecule has 1 fully saturated rings. The zero-order chi connectivity index (χ0) is 15.6. The van der Waals surface area contributed by atoms with Gasteiger partial charge in [0.2, 0.25) is 0 Å². The summed E-state index contributed by atoms with van der Waals surface area (Å²) in [4.78, 5) is 4.25. The minimum Gasteiger partial charge on any atom is -0.369 e. The molecule has 0 bridgehead atoms. The van der Waals surface area contributed by atoms with Crippen molar-refractivity contribution in [2.75, 3.05) is 31.1 Å². The van der Waals surface area contributed by atoms with Crippen molar-refractivity contribution in [2.45, 2.75) is 26.1 Å². The summed E-state index contributed by atoms with van der Waals surface area (Å²) in [6.45, 7) is 7.31. The number of benzene rings is 1. The number of alkyl halides is 3. The Bertz CT molecular complexity index is 548. The summed E-state index contributed by atoms with van der Waals surface area (Å²) in [5, 5.41) is 8.82. The molecule has 21 heavy (non-hydrogen) atoms. The van der Waals surface area contributed by atoms with Crippen LogP contribution in [-0.4, -0.2) is 37.1 Å². The molecule has 1 saturated heterocycles. The van der Waals surface area contributed by atoms with Gasteiger partial charge < -0.3 is 4.90 Å². The van der Waals surface area contributed by atoms with Crippen LogP contribution in [0.4, 0.5) is 18.9 Å². The lowest BCUT2D eigenvalue weighted by molar-refractivity contribution is -0.137. The van der Waals surface area contributed by atoms with Crippen LogP contribution in [0, 0.1) is 11.3 Å². The molecular formula is C15H18F3N3. The first kappa shape index (κ1) is 15.6. The van der Waals surface area contributed by atoms with Crippen LogP contribution in [-0.2, 0) is 6.18 Å². The third kappa shape index (κ3) is 3.30. The number of nitrogens with zero attached hydrogens (tertiary/aromatic N) is 3. The second-order valence-corrected chi connectivity index (χ2v) is 5.26. The Morgan fingerprint density at radius 2 is 2.05 bits per heavy atom. The van der Waals surface area contributed by atoms with Gasteiger partial charge in [-0.05, 0) is 31.7 Å². The first-order valence-electron chi connectivity index (χ1n) is 6.97. The topological polar surface area (TPSA) is 30.3 Å². The Hall–Kier alpha value is -1.74. The zero-order valence-electron chi connectivity index (χ0n) is 12.1. The van der Waals surface area contributed by atoms with E-state index in [1.807, 2.05) is 4.90 Å². The minimum absolute atomic E-state index is 0.300. The van der Waals surface area contributed by atoms with E-state index in [-0.39, 0.29) is 5.56 Å². The largest absolute Gasteiger partial charge is 0.417 e. The van der Waals surface area contributed by atoms with E-state index in [2.05, 4.69) is 18.7 Å². The van der Waals surface area contributed by atoms with Crippen molar-refractivity contribution in [1.29, 1.82) is 5.26 Å². The molecule has 0 aliphatic carbocycles. The van der Waals surface area contributed by atoms with Crippen LogP contribution in [0.2, 0.25) is 0 Å². The predicted octanol–water partition coefficient (Wildman–Crippen LogP) is 3.11. The van der Waals surface area contributed by atoms with Crippen molar-refractivity contribution in [3.05, 3.63) is 29.3 Å². The molecule has 1 unspecified atom stereocenters. The van der Waals surface area contributed by atoms with E-state index in [9.17, 15) is 13.2 Å². The number of likely N-dealkylation sites (N-methyl/N-ethyl adjacent to an activating group) is 1. The van der Waals surface area contributed by atoms with Crippen molar-refractivity contribution in [3.63, 3.8) is 0 Å². The highest BCUT2D eigenvalue weighted by atomic mass is 19.4. The van der Waals surface area contributed by atoms with Gasteiger partial charge in [-0.2, -0.15) is 18.4 Å². The van der Waals surface area contributed by atoms with E-state index in [1.165, 1.54) is 6.07 Å². The SMILES string of the molecule is CCN1CCN(c2ccc(C#N)c(C(F)(F)F)c2)CC1C. The van der Waals surface area contributed by atoms with E-state index in [0.717, 1.165) is 19.2 Å². The number of piperazine rings is 1. The third-order valence-corrected chi connectivity index (χ3v) is 3.97. The average molecular weight is 297 g/mol. The number of halogens is 3. The van der Waals surface area contributed by atoms with Crippen LogP contribution in [0.3, 0.4) is 0 Å². The normalized spacial score (nSPS) is 20.4. The van der Waals surface area contributed by atoms with Gasteiger partial charge in [-0.25, -0.2) is 0 Å². The molecule has 1 heterocycles. The Balaban J connectivity index is 2.28. The molecule has 1 aliphatic heterocycles. The highest BCUT2D eigenvalue weighted by Crippen LogP contribution is 2.34. The van der Waals surface area contributed by atoms with Crippen molar-refractivity contribution >= 4 is 5.69 Å². The fraction of sp³-hybridized carbons (Fsp3) is 0.533. The Morgan fingerprint density at radius 3 is 2.57 bits per heavy atom. The fourth-order valence-electron chi connectivity index (χ4n) is 2.76. The second-order valence-electron chi connectivity index (χ2n) is 5.26. The molecule has 2 rings (SSSR count). The second kappa shape index (κ2) is 5.94. The van der Waals surface area contributed by atoms with Gasteiger partial charge in [0.25, 0.3) is 0 Å². The lowest BCUT2D eigenvalue weighted by atomic mass is 10.1. The Labute approximate surface area is 122 Å². The first-order chi connectivity index (χ1) is 9.86. The van der Waals surface area contributed by atoms with Crippen molar-refractivity contribution < 1.29 is 13.2 Å². The molecular weight excluding hydrogens is 279 g/mol. The van der Waals surface area contributed by atoms with Gasteiger partial charge in [-0.15, -0.1) is 0 Å². The summed E-state index contributed by atoms with van der Waals surface area (Å²) in [6.07, 6.45) is -4.50. The third-order valence-electron chi connectivity index (χ3n) is 3.97. The number of hydrogen-bond acceptors (Lipinski definition) is 3. The quantitative estimate of drug-likeness (QED) is 0.840. The van der Waals surface area contributed by atoms with E-state index >= 15 is 0 Å². The van der Waals surface area contributed by atoms with Crippen molar-refractivity contribution in [2.24, 2.45) is 0 Å². The zero-order valence-corrected chi connectivity index (χ0v) is 12.1. The maximum Gasteiger partial charge on any atom is 0.417 e. The monoisotopic (exact) mass is 297 g/mol. The van der Waals surface area contributed by atoms with E-state index < -0.39 is 11.7 Å². The van der Waals surface area contributed by atoms with Crippen LogP contribution in [0.1, 0.15) is 25.0 Å². The van der Waals surface area contributed by atoms with Crippen molar-refractivity contribution in [3.8, 4) is 6.07 Å². The van der Waals surface area contributed by atoms with Crippen molar-refractivity contribution in [1.82, 2.24) is 4.90 Å². The molecule has 6 heteroatoms. The van der Waals surface area contributed by atoms with Crippen LogP contribution in [0.15, 0.2) is 18.2 Å². The fourth-order valence-corrected chi connectivity index (χ4v) is 2.76. The molecule has 0 radical (unpaired) electrons. The molecule has 0 N–H and O–H groups in total. The summed E-state index contributed by atoms with van der Waals surface area (Å²) >= 11 is 0. The summed E-state index contributed by atoms with van der Waals surface area (Å²) in [6, 6.07) is 5.86. The van der Waals surface area contributed by atoms with Crippen LogP contribution in [0.5, 0.6) is 0 Å². The minimum atomic E-state index is -4.50. The van der Waals surface area contributed by atoms with Gasteiger partial charge in [-0.3, -0.25) is 4.90 Å². The highest BCUT2D eigenvalue weighted by Gasteiger charge is 2.34. The van der Waals surface area contributed by atoms with Gasteiger partial charge >= 0.3 is 6.18 Å². The Morgan fingerprint density at radius 1 is 1.33 bits per heavy atom. The summed E-state index contributed by atoms with van der Waals surface area (Å²) < 4.78 is 39.0. The number of nitriles is 1. The van der Waals surface area contributed by atoms with Gasteiger partial charge in [0.15, 0.2) is 0 Å². The molecule has 3 nitrogen and oxygen atoms in total. The molecule has 1 aromatic carbocycles. The molecule has 0 amide bonds. The maximum absolute atomic E-state index is 13.0. The van der Waals surface area contributed by atoms with Gasteiger partial charge in [0.1, 0.15) is 0 Å². The summed E-state index contributed by atoms with van der Waals surface area (Å²) in [5.41, 5.74) is -0.650. The standard InChI is InChI=1S/C15H18F3N3/c1-3-20-6-7-21(10-11(20)2)13-5-4-12(9-19)14(8-13)15(16,17)18/h4-5,8,11H,3,6-7,10H2,1-2H3. The number of hydrogen-bond donors (Lipinski definition) is 0. The highest BCUT2D eigenvalue weighted by molar-refractivity contribution is 5.55. The molecule has 1 atom stereocenters. The van der Waals surface area contributed by atoms with Crippen LogP contribution < -0.4 is 4.90 Å². The van der Waals surface area contributed by atoms with Gasteiger partial charge in [0, 0.05) is 31.4 Å².